The van der Waals surface area contributed by atoms with Crippen LogP contribution >= 0.6 is 22.9 Å². The third-order valence-corrected chi connectivity index (χ3v) is 8.58. The van der Waals surface area contributed by atoms with E-state index >= 15 is 0 Å². The van der Waals surface area contributed by atoms with E-state index in [1.165, 1.54) is 11.3 Å². The number of thiophene rings is 1. The molecule has 0 aliphatic carbocycles. The fraction of sp³-hybridized carbons (Fsp3) is 0.619. The lowest BCUT2D eigenvalue weighted by atomic mass is 9.96. The van der Waals surface area contributed by atoms with E-state index in [1.807, 2.05) is 13.8 Å². The van der Waals surface area contributed by atoms with Gasteiger partial charge in [-0.25, -0.2) is 8.42 Å². The highest BCUT2D eigenvalue weighted by atomic mass is 35.5. The summed E-state index contributed by atoms with van der Waals surface area (Å²) >= 11 is 7.22. The number of rotatable bonds is 8. The Bertz CT molecular complexity index is 972. The number of nitrogens with one attached hydrogen (secondary N) is 1. The lowest BCUT2D eigenvalue weighted by Gasteiger charge is -2.37. The number of nitrogens with zero attached hydrogens (tertiary/aromatic N) is 2. The van der Waals surface area contributed by atoms with Crippen LogP contribution in [0.2, 0.25) is 4.34 Å². The van der Waals surface area contributed by atoms with Crippen molar-refractivity contribution in [2.24, 2.45) is 5.92 Å². The molecule has 0 radical (unpaired) electrons. The highest BCUT2D eigenvalue weighted by molar-refractivity contribution is 7.92. The predicted molar refractivity (Wildman–Crippen MR) is 126 cm³/mol. The fourth-order valence-electron chi connectivity index (χ4n) is 4.01. The van der Waals surface area contributed by atoms with E-state index in [4.69, 9.17) is 16.3 Å². The number of allylic oxidation sites excluding steroid dienone is 1. The molecule has 2 aliphatic heterocycles. The summed E-state index contributed by atoms with van der Waals surface area (Å²) < 4.78 is 33.8. The van der Waals surface area contributed by atoms with Gasteiger partial charge in [-0.1, -0.05) is 31.9 Å². The molecule has 2 amide bonds. The molecule has 0 aromatic carbocycles. The molecule has 178 valence electrons. The molecule has 0 unspecified atom stereocenters. The topological polar surface area (TPSA) is 96.0 Å². The van der Waals surface area contributed by atoms with Gasteiger partial charge in [0.25, 0.3) is 0 Å². The van der Waals surface area contributed by atoms with Crippen LogP contribution in [0.25, 0.3) is 5.57 Å². The second-order valence-corrected chi connectivity index (χ2v) is 11.5. The van der Waals surface area contributed by atoms with Crippen LogP contribution in [-0.2, 0) is 24.3 Å². The summed E-state index contributed by atoms with van der Waals surface area (Å²) in [6, 6.07) is 1.97. The van der Waals surface area contributed by atoms with Gasteiger partial charge in [0.2, 0.25) is 21.8 Å². The molecule has 3 atom stereocenters. The lowest BCUT2D eigenvalue weighted by molar-refractivity contribution is -0.149. The number of hydrogen-bond acceptors (Lipinski definition) is 6. The zero-order valence-corrected chi connectivity index (χ0v) is 20.9. The first-order valence-electron chi connectivity index (χ1n) is 10.8. The van der Waals surface area contributed by atoms with E-state index in [0.29, 0.717) is 49.2 Å². The average molecular weight is 504 g/mol. The number of amides is 2. The van der Waals surface area contributed by atoms with Crippen molar-refractivity contribution in [3.8, 4) is 0 Å². The van der Waals surface area contributed by atoms with Crippen LogP contribution < -0.4 is 4.72 Å². The first-order valence-corrected chi connectivity index (χ1v) is 13.5. The molecule has 2 fully saturated rings. The molecule has 3 heterocycles. The SMILES string of the molecule is CC[C@H](C)[C@@H](C(=O)N1CCOCC1)N1CC[C@H](NS(=O)(=O)/C=C(/C)c2ccc(Cl)s2)C1=O. The van der Waals surface area contributed by atoms with Gasteiger partial charge in [-0.2, -0.15) is 4.72 Å². The normalized spacial score (nSPS) is 22.3. The minimum absolute atomic E-state index is 0.0460. The molecule has 11 heteroatoms. The van der Waals surface area contributed by atoms with Crippen LogP contribution in [0.15, 0.2) is 17.5 Å². The Balaban J connectivity index is 1.73. The lowest BCUT2D eigenvalue weighted by Crippen LogP contribution is -2.56. The largest absolute Gasteiger partial charge is 0.378 e. The van der Waals surface area contributed by atoms with Crippen LogP contribution in [0.3, 0.4) is 0 Å². The first-order chi connectivity index (χ1) is 15.1. The molecule has 2 aliphatic rings. The van der Waals surface area contributed by atoms with Crippen molar-refractivity contribution in [2.45, 2.75) is 45.7 Å². The summed E-state index contributed by atoms with van der Waals surface area (Å²) in [4.78, 5) is 30.4. The summed E-state index contributed by atoms with van der Waals surface area (Å²) in [5.41, 5.74) is 0.539. The molecule has 1 aromatic rings. The van der Waals surface area contributed by atoms with Crippen LogP contribution in [0, 0.1) is 5.92 Å². The summed E-state index contributed by atoms with van der Waals surface area (Å²) in [5, 5.41) is 1.12. The molecule has 0 bridgehead atoms. The summed E-state index contributed by atoms with van der Waals surface area (Å²) in [5.74, 6) is -0.495. The minimum Gasteiger partial charge on any atom is -0.378 e. The highest BCUT2D eigenvalue weighted by Gasteiger charge is 2.43. The van der Waals surface area contributed by atoms with Gasteiger partial charge in [-0.05, 0) is 37.0 Å². The van der Waals surface area contributed by atoms with Gasteiger partial charge in [0.05, 0.1) is 23.0 Å². The summed E-state index contributed by atoms with van der Waals surface area (Å²) in [7, 11) is -3.86. The monoisotopic (exact) mass is 503 g/mol. The maximum absolute atomic E-state index is 13.2. The minimum atomic E-state index is -3.86. The third-order valence-electron chi connectivity index (χ3n) is 5.93. The van der Waals surface area contributed by atoms with Gasteiger partial charge in [-0.3, -0.25) is 9.59 Å². The van der Waals surface area contributed by atoms with Crippen LogP contribution in [0.1, 0.15) is 38.5 Å². The van der Waals surface area contributed by atoms with Gasteiger partial charge in [0, 0.05) is 24.5 Å². The Morgan fingerprint density at radius 3 is 2.62 bits per heavy atom. The Kier molecular flexibility index (Phi) is 8.37. The van der Waals surface area contributed by atoms with Crippen molar-refractivity contribution in [1.29, 1.82) is 0 Å². The number of hydrogen-bond donors (Lipinski definition) is 1. The van der Waals surface area contributed by atoms with Gasteiger partial charge in [-0.15, -0.1) is 11.3 Å². The molecule has 0 spiro atoms. The smallest absolute Gasteiger partial charge is 0.245 e. The molecule has 2 saturated heterocycles. The van der Waals surface area contributed by atoms with Gasteiger partial charge >= 0.3 is 0 Å². The molecule has 3 rings (SSSR count). The van der Waals surface area contributed by atoms with Crippen molar-refractivity contribution in [3.05, 3.63) is 26.8 Å². The van der Waals surface area contributed by atoms with Crippen LogP contribution in [-0.4, -0.2) is 75.0 Å². The maximum atomic E-state index is 13.2. The average Bonchev–Trinajstić information content (AvgIpc) is 3.34. The number of sulfonamides is 1. The summed E-state index contributed by atoms with van der Waals surface area (Å²) in [6.07, 6.45) is 1.05. The fourth-order valence-corrected chi connectivity index (χ4v) is 6.38. The molecule has 1 aromatic heterocycles. The molecular weight excluding hydrogens is 474 g/mol. The van der Waals surface area contributed by atoms with E-state index in [9.17, 15) is 18.0 Å². The van der Waals surface area contributed by atoms with Crippen molar-refractivity contribution >= 4 is 50.3 Å². The number of ether oxygens (including phenoxy) is 1. The van der Waals surface area contributed by atoms with Crippen molar-refractivity contribution in [3.63, 3.8) is 0 Å². The van der Waals surface area contributed by atoms with Crippen molar-refractivity contribution < 1.29 is 22.7 Å². The van der Waals surface area contributed by atoms with Crippen molar-refractivity contribution in [2.75, 3.05) is 32.8 Å². The number of halogens is 1. The third kappa shape index (κ3) is 5.91. The molecular formula is C21H30ClN3O5S2. The molecule has 0 saturated carbocycles. The predicted octanol–water partition coefficient (Wildman–Crippen LogP) is 2.56. The second kappa shape index (κ2) is 10.6. The van der Waals surface area contributed by atoms with Crippen molar-refractivity contribution in [1.82, 2.24) is 14.5 Å². The number of carbonyl (C=O) groups excluding carboxylic acids is 2. The first kappa shape index (κ1) is 25.2. The number of morpholine rings is 1. The Hall–Kier alpha value is -1.46. The van der Waals surface area contributed by atoms with E-state index in [1.54, 1.807) is 28.9 Å². The Labute approximate surface area is 198 Å². The van der Waals surface area contributed by atoms with E-state index in [2.05, 4.69) is 4.72 Å². The second-order valence-electron chi connectivity index (χ2n) is 8.21. The highest BCUT2D eigenvalue weighted by Crippen LogP contribution is 2.28. The molecule has 8 nitrogen and oxygen atoms in total. The number of carbonyl (C=O) groups is 2. The van der Waals surface area contributed by atoms with E-state index < -0.39 is 22.1 Å². The van der Waals surface area contributed by atoms with Gasteiger partial charge < -0.3 is 14.5 Å². The van der Waals surface area contributed by atoms with Crippen LogP contribution in [0.4, 0.5) is 0 Å². The Morgan fingerprint density at radius 1 is 1.34 bits per heavy atom. The van der Waals surface area contributed by atoms with Gasteiger partial charge in [0.1, 0.15) is 12.1 Å². The maximum Gasteiger partial charge on any atom is 0.245 e. The van der Waals surface area contributed by atoms with E-state index in [-0.39, 0.29) is 17.7 Å². The molecule has 32 heavy (non-hydrogen) atoms. The quantitative estimate of drug-likeness (QED) is 0.588. The standard InChI is InChI=1S/C21H30ClN3O5S2/c1-4-14(2)19(21(27)24-9-11-30-12-10-24)25-8-7-16(20(25)26)23-32(28,29)13-15(3)17-5-6-18(22)31-17/h5-6,13-14,16,19,23H,4,7-12H2,1-3H3/b15-13-/t14-,16-,19-/m0/s1. The van der Waals surface area contributed by atoms with Crippen LogP contribution in [0.5, 0.6) is 0 Å². The van der Waals surface area contributed by atoms with E-state index in [0.717, 1.165) is 16.7 Å². The number of likely N-dealkylation sites (tertiary alicyclic amines) is 1. The van der Waals surface area contributed by atoms with Gasteiger partial charge in [0.15, 0.2) is 0 Å². The zero-order chi connectivity index (χ0) is 23.5. The Morgan fingerprint density at radius 2 is 2.03 bits per heavy atom. The molecule has 1 N–H and O–H groups in total. The summed E-state index contributed by atoms with van der Waals surface area (Å²) in [6.45, 7) is 7.92. The zero-order valence-electron chi connectivity index (χ0n) is 18.5.